The molecule has 1 N–H and O–H groups in total. The molecule has 23 heavy (non-hydrogen) atoms. The van der Waals surface area contributed by atoms with Crippen molar-refractivity contribution in [3.63, 3.8) is 0 Å². The van der Waals surface area contributed by atoms with Crippen LogP contribution >= 0.6 is 27.3 Å². The van der Waals surface area contributed by atoms with Gasteiger partial charge in [0.05, 0.1) is 12.8 Å². The molecule has 2 aromatic carbocycles. The normalized spacial score (nSPS) is 10.3. The van der Waals surface area contributed by atoms with E-state index in [0.717, 1.165) is 21.5 Å². The van der Waals surface area contributed by atoms with Gasteiger partial charge in [-0.15, -0.1) is 11.3 Å². The highest BCUT2D eigenvalue weighted by molar-refractivity contribution is 9.10. The number of aromatic nitrogens is 1. The summed E-state index contributed by atoms with van der Waals surface area (Å²) in [5.74, 6) is 0.620. The first-order valence-electron chi connectivity index (χ1n) is 6.82. The van der Waals surface area contributed by atoms with Crippen molar-refractivity contribution in [1.29, 1.82) is 0 Å². The molecular weight excluding hydrogens is 376 g/mol. The van der Waals surface area contributed by atoms with E-state index in [9.17, 15) is 4.79 Å². The fraction of sp³-hybridized carbons (Fsp3) is 0.0588. The lowest BCUT2D eigenvalue weighted by Crippen LogP contribution is -2.11. The molecule has 0 aliphatic rings. The van der Waals surface area contributed by atoms with Crippen molar-refractivity contribution in [1.82, 2.24) is 4.98 Å². The molecule has 0 aliphatic heterocycles. The number of anilines is 1. The molecule has 0 radical (unpaired) electrons. The molecule has 1 amide bonds. The van der Waals surface area contributed by atoms with Gasteiger partial charge in [-0.05, 0) is 42.5 Å². The molecule has 0 bridgehead atoms. The number of ether oxygens (including phenoxy) is 1. The van der Waals surface area contributed by atoms with Crippen LogP contribution in [0.15, 0.2) is 58.4 Å². The number of carbonyl (C=O) groups is 1. The van der Waals surface area contributed by atoms with Crippen molar-refractivity contribution >= 4 is 38.3 Å². The maximum absolute atomic E-state index is 12.2. The van der Waals surface area contributed by atoms with Crippen LogP contribution in [0.1, 0.15) is 10.4 Å². The Balaban J connectivity index is 1.75. The van der Waals surface area contributed by atoms with E-state index < -0.39 is 0 Å². The maximum Gasteiger partial charge on any atom is 0.257 e. The van der Waals surface area contributed by atoms with Gasteiger partial charge in [-0.3, -0.25) is 10.1 Å². The molecule has 3 aromatic rings. The van der Waals surface area contributed by atoms with Crippen molar-refractivity contribution in [2.75, 3.05) is 12.4 Å². The molecular formula is C17H13BrN2O2S. The fourth-order valence-electron chi connectivity index (χ4n) is 2.02. The SMILES string of the molecule is COc1ccc(-c2csc(NC(=O)c3cccc(Br)c3)n2)cc1. The topological polar surface area (TPSA) is 51.2 Å². The largest absolute Gasteiger partial charge is 0.497 e. The summed E-state index contributed by atoms with van der Waals surface area (Å²) in [7, 11) is 1.63. The highest BCUT2D eigenvalue weighted by atomic mass is 79.9. The average molecular weight is 389 g/mol. The molecule has 6 heteroatoms. The zero-order valence-electron chi connectivity index (χ0n) is 12.2. The van der Waals surface area contributed by atoms with E-state index in [0.29, 0.717) is 10.7 Å². The molecule has 0 unspecified atom stereocenters. The summed E-state index contributed by atoms with van der Waals surface area (Å²) < 4.78 is 6.01. The van der Waals surface area contributed by atoms with E-state index in [1.165, 1.54) is 11.3 Å². The smallest absolute Gasteiger partial charge is 0.257 e. The Labute approximate surface area is 146 Å². The van der Waals surface area contributed by atoms with Crippen LogP contribution in [-0.2, 0) is 0 Å². The van der Waals surface area contributed by atoms with Gasteiger partial charge in [0, 0.05) is 21.0 Å². The van der Waals surface area contributed by atoms with Gasteiger partial charge in [-0.25, -0.2) is 4.98 Å². The van der Waals surface area contributed by atoms with Crippen LogP contribution in [0.25, 0.3) is 11.3 Å². The second-order valence-corrected chi connectivity index (χ2v) is 6.50. The predicted molar refractivity (Wildman–Crippen MR) is 96.2 cm³/mol. The van der Waals surface area contributed by atoms with Gasteiger partial charge in [0.25, 0.3) is 5.91 Å². The number of carbonyl (C=O) groups excluding carboxylic acids is 1. The summed E-state index contributed by atoms with van der Waals surface area (Å²) in [6.07, 6.45) is 0. The Morgan fingerprint density at radius 3 is 2.70 bits per heavy atom. The third-order valence-corrected chi connectivity index (χ3v) is 4.45. The molecule has 1 aromatic heterocycles. The van der Waals surface area contributed by atoms with Crippen LogP contribution in [-0.4, -0.2) is 18.0 Å². The third kappa shape index (κ3) is 3.78. The lowest BCUT2D eigenvalue weighted by molar-refractivity contribution is 0.102. The molecule has 1 heterocycles. The zero-order valence-corrected chi connectivity index (χ0v) is 14.6. The van der Waals surface area contributed by atoms with Crippen molar-refractivity contribution in [2.24, 2.45) is 0 Å². The van der Waals surface area contributed by atoms with Gasteiger partial charge in [0.2, 0.25) is 0 Å². The molecule has 0 atom stereocenters. The van der Waals surface area contributed by atoms with Gasteiger partial charge >= 0.3 is 0 Å². The van der Waals surface area contributed by atoms with Crippen LogP contribution in [0.3, 0.4) is 0 Å². The molecule has 0 saturated carbocycles. The Bertz CT molecular complexity index is 831. The van der Waals surface area contributed by atoms with E-state index in [-0.39, 0.29) is 5.91 Å². The summed E-state index contributed by atoms with van der Waals surface area (Å²) in [6.45, 7) is 0. The summed E-state index contributed by atoms with van der Waals surface area (Å²) in [6, 6.07) is 14.9. The Morgan fingerprint density at radius 2 is 2.00 bits per heavy atom. The summed E-state index contributed by atoms with van der Waals surface area (Å²) >= 11 is 4.75. The number of nitrogens with zero attached hydrogens (tertiary/aromatic N) is 1. The zero-order chi connectivity index (χ0) is 16.2. The number of rotatable bonds is 4. The maximum atomic E-state index is 12.2. The van der Waals surface area contributed by atoms with E-state index in [1.807, 2.05) is 41.8 Å². The van der Waals surface area contributed by atoms with Crippen molar-refractivity contribution < 1.29 is 9.53 Å². The lowest BCUT2D eigenvalue weighted by Gasteiger charge is -2.02. The number of methoxy groups -OCH3 is 1. The standard InChI is InChI=1S/C17H13BrN2O2S/c1-22-14-7-5-11(6-8-14)15-10-23-17(19-15)20-16(21)12-3-2-4-13(18)9-12/h2-10H,1H3,(H,19,20,21). The number of hydrogen-bond donors (Lipinski definition) is 1. The second kappa shape index (κ2) is 6.93. The van der Waals surface area contributed by atoms with Gasteiger partial charge in [0.1, 0.15) is 5.75 Å². The van der Waals surface area contributed by atoms with Crippen molar-refractivity contribution in [3.8, 4) is 17.0 Å². The lowest BCUT2D eigenvalue weighted by atomic mass is 10.2. The Hall–Kier alpha value is -2.18. The highest BCUT2D eigenvalue weighted by Gasteiger charge is 2.10. The van der Waals surface area contributed by atoms with Gasteiger partial charge in [0.15, 0.2) is 5.13 Å². The first-order chi connectivity index (χ1) is 11.2. The van der Waals surface area contributed by atoms with Crippen LogP contribution in [0.4, 0.5) is 5.13 Å². The molecule has 4 nitrogen and oxygen atoms in total. The Morgan fingerprint density at radius 1 is 1.22 bits per heavy atom. The van der Waals surface area contributed by atoms with Crippen LogP contribution in [0.2, 0.25) is 0 Å². The van der Waals surface area contributed by atoms with Crippen molar-refractivity contribution in [3.05, 3.63) is 63.9 Å². The first kappa shape index (κ1) is 15.7. The number of thiazole rings is 1. The monoisotopic (exact) mass is 388 g/mol. The summed E-state index contributed by atoms with van der Waals surface area (Å²) in [4.78, 5) is 16.7. The third-order valence-electron chi connectivity index (χ3n) is 3.20. The molecule has 0 spiro atoms. The number of nitrogens with one attached hydrogen (secondary N) is 1. The van der Waals surface area contributed by atoms with Gasteiger partial charge in [-0.2, -0.15) is 0 Å². The van der Waals surface area contributed by atoms with Crippen LogP contribution < -0.4 is 10.1 Å². The second-order valence-electron chi connectivity index (χ2n) is 4.73. The molecule has 3 rings (SSSR count). The molecule has 0 fully saturated rings. The Kier molecular flexibility index (Phi) is 4.73. The fourth-order valence-corrected chi connectivity index (χ4v) is 3.14. The number of halogens is 1. The van der Waals surface area contributed by atoms with E-state index in [2.05, 4.69) is 26.2 Å². The quantitative estimate of drug-likeness (QED) is 0.695. The van der Waals surface area contributed by atoms with Gasteiger partial charge in [-0.1, -0.05) is 22.0 Å². The van der Waals surface area contributed by atoms with Crippen LogP contribution in [0.5, 0.6) is 5.75 Å². The van der Waals surface area contributed by atoms with E-state index in [1.54, 1.807) is 19.2 Å². The number of hydrogen-bond acceptors (Lipinski definition) is 4. The molecule has 116 valence electrons. The first-order valence-corrected chi connectivity index (χ1v) is 8.50. The minimum absolute atomic E-state index is 0.179. The molecule has 0 aliphatic carbocycles. The van der Waals surface area contributed by atoms with E-state index >= 15 is 0 Å². The van der Waals surface area contributed by atoms with Crippen molar-refractivity contribution in [2.45, 2.75) is 0 Å². The average Bonchev–Trinajstić information content (AvgIpc) is 3.03. The molecule has 0 saturated heterocycles. The number of benzene rings is 2. The summed E-state index contributed by atoms with van der Waals surface area (Å²) in [5, 5.41) is 5.31. The minimum Gasteiger partial charge on any atom is -0.497 e. The van der Waals surface area contributed by atoms with Gasteiger partial charge < -0.3 is 4.74 Å². The minimum atomic E-state index is -0.179. The van der Waals surface area contributed by atoms with E-state index in [4.69, 9.17) is 4.74 Å². The number of amides is 1. The van der Waals surface area contributed by atoms with Crippen LogP contribution in [0, 0.1) is 0 Å². The predicted octanol–water partition coefficient (Wildman–Crippen LogP) is 4.83. The summed E-state index contributed by atoms with van der Waals surface area (Å²) in [5.41, 5.74) is 2.38. The highest BCUT2D eigenvalue weighted by Crippen LogP contribution is 2.26.